The molecule has 2 atom stereocenters. The summed E-state index contributed by atoms with van der Waals surface area (Å²) in [5, 5.41) is 7.28. The highest BCUT2D eigenvalue weighted by Crippen LogP contribution is 2.13. The number of aromatic nitrogens is 2. The van der Waals surface area contributed by atoms with Crippen LogP contribution in [-0.2, 0) is 11.2 Å². The van der Waals surface area contributed by atoms with E-state index in [0.29, 0.717) is 30.6 Å². The molecule has 0 saturated carbocycles. The molecule has 1 aliphatic heterocycles. The lowest BCUT2D eigenvalue weighted by molar-refractivity contribution is -0.134. The standard InChI is InChI=1S/C14H24N4O2.ClH/c1-9(2)14-16-12(20-17-14)5-6-13(19)18-8-7-15-10(3)11(18)4;/h9-11,15H,5-8H2,1-4H3;1H. The van der Waals surface area contributed by atoms with Crippen molar-refractivity contribution < 1.29 is 9.32 Å². The van der Waals surface area contributed by atoms with Gasteiger partial charge in [-0.2, -0.15) is 4.98 Å². The highest BCUT2D eigenvalue weighted by molar-refractivity contribution is 5.85. The maximum Gasteiger partial charge on any atom is 0.227 e. The smallest absolute Gasteiger partial charge is 0.227 e. The summed E-state index contributed by atoms with van der Waals surface area (Å²) < 4.78 is 5.17. The van der Waals surface area contributed by atoms with E-state index in [1.54, 1.807) is 0 Å². The van der Waals surface area contributed by atoms with Crippen LogP contribution in [0, 0.1) is 0 Å². The van der Waals surface area contributed by atoms with Crippen LogP contribution in [0.15, 0.2) is 4.52 Å². The molecule has 1 aromatic heterocycles. The first kappa shape index (κ1) is 17.9. The molecule has 2 rings (SSSR count). The summed E-state index contributed by atoms with van der Waals surface area (Å²) in [6.45, 7) is 9.85. The highest BCUT2D eigenvalue weighted by atomic mass is 35.5. The monoisotopic (exact) mass is 316 g/mol. The number of piperazine rings is 1. The number of carbonyl (C=O) groups is 1. The van der Waals surface area contributed by atoms with Gasteiger partial charge in [0.25, 0.3) is 0 Å². The molecule has 21 heavy (non-hydrogen) atoms. The minimum Gasteiger partial charge on any atom is -0.339 e. The minimum absolute atomic E-state index is 0. The number of carbonyl (C=O) groups excluding carboxylic acids is 1. The quantitative estimate of drug-likeness (QED) is 0.916. The molecular formula is C14H25ClN4O2. The van der Waals surface area contributed by atoms with Gasteiger partial charge in [0.1, 0.15) is 0 Å². The van der Waals surface area contributed by atoms with E-state index in [4.69, 9.17) is 4.52 Å². The van der Waals surface area contributed by atoms with Crippen LogP contribution in [0.2, 0.25) is 0 Å². The van der Waals surface area contributed by atoms with E-state index in [2.05, 4.69) is 29.3 Å². The van der Waals surface area contributed by atoms with E-state index in [1.165, 1.54) is 0 Å². The number of nitrogens with one attached hydrogen (secondary N) is 1. The lowest BCUT2D eigenvalue weighted by Gasteiger charge is -2.38. The molecule has 2 unspecified atom stereocenters. The van der Waals surface area contributed by atoms with E-state index < -0.39 is 0 Å². The molecular weight excluding hydrogens is 292 g/mol. The predicted molar refractivity (Wildman–Crippen MR) is 82.6 cm³/mol. The molecule has 1 aliphatic rings. The van der Waals surface area contributed by atoms with Gasteiger partial charge in [-0.25, -0.2) is 0 Å². The summed E-state index contributed by atoms with van der Waals surface area (Å²) >= 11 is 0. The van der Waals surface area contributed by atoms with Crippen LogP contribution in [0.5, 0.6) is 0 Å². The fraction of sp³-hybridized carbons (Fsp3) is 0.786. The van der Waals surface area contributed by atoms with Crippen LogP contribution >= 0.6 is 12.4 Å². The zero-order valence-electron chi connectivity index (χ0n) is 13.1. The second-order valence-corrected chi connectivity index (χ2v) is 5.77. The summed E-state index contributed by atoms with van der Waals surface area (Å²) in [6.07, 6.45) is 0.945. The van der Waals surface area contributed by atoms with Crippen molar-refractivity contribution in [2.45, 2.75) is 58.5 Å². The molecule has 0 spiro atoms. The van der Waals surface area contributed by atoms with Gasteiger partial charge in [0.15, 0.2) is 5.82 Å². The van der Waals surface area contributed by atoms with Crippen molar-refractivity contribution in [1.82, 2.24) is 20.4 Å². The fourth-order valence-corrected chi connectivity index (χ4v) is 2.37. The predicted octanol–water partition coefficient (Wildman–Crippen LogP) is 1.76. The molecule has 0 bridgehead atoms. The van der Waals surface area contributed by atoms with Crippen molar-refractivity contribution in [3.63, 3.8) is 0 Å². The maximum absolute atomic E-state index is 12.3. The number of nitrogens with zero attached hydrogens (tertiary/aromatic N) is 3. The Morgan fingerprint density at radius 2 is 2.19 bits per heavy atom. The van der Waals surface area contributed by atoms with Crippen molar-refractivity contribution in [3.05, 3.63) is 11.7 Å². The first-order chi connectivity index (χ1) is 9.49. The van der Waals surface area contributed by atoms with Crippen molar-refractivity contribution in [3.8, 4) is 0 Å². The summed E-state index contributed by atoms with van der Waals surface area (Å²) in [7, 11) is 0. The SMILES string of the molecule is CC(C)c1noc(CCC(=O)N2CCNC(C)C2C)n1.Cl. The van der Waals surface area contributed by atoms with E-state index in [9.17, 15) is 4.79 Å². The number of amides is 1. The first-order valence-corrected chi connectivity index (χ1v) is 7.34. The van der Waals surface area contributed by atoms with E-state index in [0.717, 1.165) is 13.1 Å². The molecule has 2 heterocycles. The minimum atomic E-state index is 0. The van der Waals surface area contributed by atoms with Gasteiger partial charge in [-0.15, -0.1) is 12.4 Å². The van der Waals surface area contributed by atoms with Crippen LogP contribution in [0.4, 0.5) is 0 Å². The summed E-state index contributed by atoms with van der Waals surface area (Å²) in [5.41, 5.74) is 0. The number of aryl methyl sites for hydroxylation is 1. The summed E-state index contributed by atoms with van der Waals surface area (Å²) in [4.78, 5) is 18.5. The van der Waals surface area contributed by atoms with Gasteiger partial charge < -0.3 is 14.7 Å². The topological polar surface area (TPSA) is 71.3 Å². The number of halogens is 1. The Morgan fingerprint density at radius 1 is 1.48 bits per heavy atom. The molecule has 0 radical (unpaired) electrons. The van der Waals surface area contributed by atoms with E-state index in [1.807, 2.05) is 18.7 Å². The van der Waals surface area contributed by atoms with Gasteiger partial charge in [-0.05, 0) is 13.8 Å². The van der Waals surface area contributed by atoms with E-state index in [-0.39, 0.29) is 30.3 Å². The average molecular weight is 317 g/mol. The third-order valence-corrected chi connectivity index (χ3v) is 3.91. The Balaban J connectivity index is 0.00000220. The molecule has 6 nitrogen and oxygen atoms in total. The largest absolute Gasteiger partial charge is 0.339 e. The summed E-state index contributed by atoms with van der Waals surface area (Å²) in [5.74, 6) is 1.67. The van der Waals surface area contributed by atoms with Gasteiger partial charge in [0.2, 0.25) is 11.8 Å². The third kappa shape index (κ3) is 4.41. The van der Waals surface area contributed by atoms with Gasteiger partial charge in [0, 0.05) is 43.9 Å². The zero-order chi connectivity index (χ0) is 14.7. The van der Waals surface area contributed by atoms with Crippen LogP contribution < -0.4 is 5.32 Å². The second-order valence-electron chi connectivity index (χ2n) is 5.77. The van der Waals surface area contributed by atoms with Crippen molar-refractivity contribution in [2.24, 2.45) is 0 Å². The molecule has 120 valence electrons. The van der Waals surface area contributed by atoms with Crippen molar-refractivity contribution in [2.75, 3.05) is 13.1 Å². The highest BCUT2D eigenvalue weighted by Gasteiger charge is 2.27. The van der Waals surface area contributed by atoms with Crippen LogP contribution in [-0.4, -0.2) is 46.1 Å². The van der Waals surface area contributed by atoms with Crippen LogP contribution in [0.3, 0.4) is 0 Å². The zero-order valence-corrected chi connectivity index (χ0v) is 13.9. The lowest BCUT2D eigenvalue weighted by atomic mass is 10.1. The van der Waals surface area contributed by atoms with Gasteiger partial charge in [-0.3, -0.25) is 4.79 Å². The molecule has 1 aromatic rings. The average Bonchev–Trinajstić information content (AvgIpc) is 2.88. The van der Waals surface area contributed by atoms with Gasteiger partial charge in [-0.1, -0.05) is 19.0 Å². The number of hydrogen-bond acceptors (Lipinski definition) is 5. The van der Waals surface area contributed by atoms with Crippen LogP contribution in [0.1, 0.15) is 51.7 Å². The summed E-state index contributed by atoms with van der Waals surface area (Å²) in [6, 6.07) is 0.564. The Labute approximate surface area is 132 Å². The molecule has 1 fully saturated rings. The maximum atomic E-state index is 12.3. The lowest BCUT2D eigenvalue weighted by Crippen LogP contribution is -2.57. The first-order valence-electron chi connectivity index (χ1n) is 7.34. The van der Waals surface area contributed by atoms with Gasteiger partial charge >= 0.3 is 0 Å². The second kappa shape index (κ2) is 7.75. The van der Waals surface area contributed by atoms with Crippen LogP contribution in [0.25, 0.3) is 0 Å². The number of rotatable bonds is 4. The molecule has 0 aliphatic carbocycles. The molecule has 1 saturated heterocycles. The third-order valence-electron chi connectivity index (χ3n) is 3.91. The van der Waals surface area contributed by atoms with Crippen molar-refractivity contribution >= 4 is 18.3 Å². The Hall–Kier alpha value is -1.14. The molecule has 7 heteroatoms. The number of hydrogen-bond donors (Lipinski definition) is 1. The molecule has 1 N–H and O–H groups in total. The van der Waals surface area contributed by atoms with Crippen molar-refractivity contribution in [1.29, 1.82) is 0 Å². The Kier molecular flexibility index (Phi) is 6.61. The van der Waals surface area contributed by atoms with E-state index >= 15 is 0 Å². The van der Waals surface area contributed by atoms with Gasteiger partial charge in [0.05, 0.1) is 0 Å². The Morgan fingerprint density at radius 3 is 2.81 bits per heavy atom. The molecule has 1 amide bonds. The Bertz CT molecular complexity index is 464. The normalized spacial score (nSPS) is 22.2. The molecule has 0 aromatic carbocycles. The fourth-order valence-electron chi connectivity index (χ4n) is 2.37.